The van der Waals surface area contributed by atoms with Crippen molar-refractivity contribution < 1.29 is 34.2 Å². The molecule has 0 unspecified atom stereocenters. The Morgan fingerprint density at radius 2 is 1.12 bits per heavy atom. The first-order valence-electron chi connectivity index (χ1n) is 14.3. The van der Waals surface area contributed by atoms with E-state index in [2.05, 4.69) is 26.6 Å². The largest absolute Gasteiger partial charge is 0.508 e. The lowest BCUT2D eigenvalue weighted by molar-refractivity contribution is -0.134. The molecule has 43 heavy (non-hydrogen) atoms. The number of aliphatic hydroxyl groups excluding tert-OH is 1. The van der Waals surface area contributed by atoms with E-state index in [-0.39, 0.29) is 25.0 Å². The number of hydrogen-bond acceptors (Lipinski definition) is 8. The highest BCUT2D eigenvalue weighted by atomic mass is 16.3. The molecule has 0 saturated carbocycles. The number of carbonyl (C=O) groups is 5. The molecule has 1 fully saturated rings. The number of phenolic OH excluding ortho intramolecular Hbond substituents is 1. The Bertz CT molecular complexity index is 1260. The van der Waals surface area contributed by atoms with Crippen molar-refractivity contribution in [1.29, 1.82) is 0 Å². The van der Waals surface area contributed by atoms with E-state index in [0.717, 1.165) is 5.56 Å². The maximum atomic E-state index is 13.7. The molecule has 3 rings (SSSR count). The van der Waals surface area contributed by atoms with Gasteiger partial charge in [-0.2, -0.15) is 0 Å². The van der Waals surface area contributed by atoms with Crippen LogP contribution in [0.1, 0.15) is 37.3 Å². The summed E-state index contributed by atoms with van der Waals surface area (Å²) < 4.78 is 0. The van der Waals surface area contributed by atoms with Gasteiger partial charge in [0.25, 0.3) is 0 Å². The van der Waals surface area contributed by atoms with Crippen LogP contribution >= 0.6 is 0 Å². The van der Waals surface area contributed by atoms with Crippen LogP contribution in [0.3, 0.4) is 0 Å². The van der Waals surface area contributed by atoms with Gasteiger partial charge in [0.1, 0.15) is 36.0 Å². The van der Waals surface area contributed by atoms with Crippen molar-refractivity contribution >= 4 is 29.5 Å². The first-order chi connectivity index (χ1) is 20.6. The van der Waals surface area contributed by atoms with Gasteiger partial charge in [-0.25, -0.2) is 0 Å². The average molecular weight is 597 g/mol. The summed E-state index contributed by atoms with van der Waals surface area (Å²) in [5.41, 5.74) is 6.95. The van der Waals surface area contributed by atoms with E-state index < -0.39 is 66.4 Å². The third kappa shape index (κ3) is 10.1. The second-order valence-corrected chi connectivity index (χ2v) is 10.5. The first kappa shape index (κ1) is 33.0. The van der Waals surface area contributed by atoms with Crippen molar-refractivity contribution in [3.63, 3.8) is 0 Å². The summed E-state index contributed by atoms with van der Waals surface area (Å²) in [5, 5.41) is 32.5. The molecule has 0 spiro atoms. The van der Waals surface area contributed by atoms with E-state index in [1.54, 1.807) is 36.4 Å². The van der Waals surface area contributed by atoms with Gasteiger partial charge in [-0.05, 0) is 56.0 Å². The summed E-state index contributed by atoms with van der Waals surface area (Å²) in [7, 11) is 0. The molecule has 1 aliphatic heterocycles. The van der Waals surface area contributed by atoms with Crippen molar-refractivity contribution in [3.05, 3.63) is 65.7 Å². The second-order valence-electron chi connectivity index (χ2n) is 10.5. The molecule has 13 heteroatoms. The quantitative estimate of drug-likeness (QED) is 0.164. The van der Waals surface area contributed by atoms with Gasteiger partial charge >= 0.3 is 0 Å². The zero-order chi connectivity index (χ0) is 31.4. The number of nitrogens with one attached hydrogen (secondary N) is 5. The van der Waals surface area contributed by atoms with Crippen molar-refractivity contribution in [3.8, 4) is 5.75 Å². The molecule has 1 heterocycles. The Morgan fingerprint density at radius 1 is 0.628 bits per heavy atom. The maximum absolute atomic E-state index is 13.7. The molecule has 1 aliphatic rings. The van der Waals surface area contributed by atoms with Gasteiger partial charge < -0.3 is 42.5 Å². The molecule has 5 amide bonds. The molecule has 0 aromatic heterocycles. The van der Waals surface area contributed by atoms with Crippen LogP contribution in [0.25, 0.3) is 0 Å². The Hall–Kier alpha value is -4.49. The van der Waals surface area contributed by atoms with Crippen LogP contribution in [0.2, 0.25) is 0 Å². The number of aliphatic hydroxyl groups is 1. The minimum Gasteiger partial charge on any atom is -0.508 e. The molecular weight excluding hydrogens is 556 g/mol. The van der Waals surface area contributed by atoms with Crippen LogP contribution in [0.4, 0.5) is 0 Å². The van der Waals surface area contributed by atoms with Crippen molar-refractivity contribution in [2.24, 2.45) is 5.73 Å². The number of phenols is 1. The number of aromatic hydroxyl groups is 1. The number of unbranched alkanes of at least 4 members (excludes halogenated alkanes) is 1. The lowest BCUT2D eigenvalue weighted by Gasteiger charge is -2.26. The van der Waals surface area contributed by atoms with E-state index in [0.29, 0.717) is 24.9 Å². The standard InChI is InChI=1S/C30H40N6O7/c1-18-26(39)36-25(17-37)30(43)35-24(16-20-10-12-21(38)13-11-20)29(42)34-23(15-19-7-3-2-4-8-19)28(41)33-22(27(40)32-18)9-5-6-14-31/h2-4,7-8,10-13,18,22-25,37-38H,5-6,9,14-17,31H2,1H3,(H,32,40)(H,33,41)(H,34,42)(H,35,43)(H,36,39)/t18-,22-,23-,24-,25-/m0/s1. The molecule has 2 aromatic carbocycles. The Morgan fingerprint density at radius 3 is 1.67 bits per heavy atom. The predicted molar refractivity (Wildman–Crippen MR) is 157 cm³/mol. The topological polar surface area (TPSA) is 212 Å². The van der Waals surface area contributed by atoms with Crippen LogP contribution in [0.5, 0.6) is 5.75 Å². The van der Waals surface area contributed by atoms with Gasteiger partial charge in [0.2, 0.25) is 29.5 Å². The Balaban J connectivity index is 2.00. The van der Waals surface area contributed by atoms with Crippen LogP contribution in [-0.4, -0.2) is 83.1 Å². The summed E-state index contributed by atoms with van der Waals surface area (Å²) in [6, 6.07) is 9.08. The van der Waals surface area contributed by atoms with Gasteiger partial charge in [-0.15, -0.1) is 0 Å². The highest BCUT2D eigenvalue weighted by molar-refractivity contribution is 5.98. The number of amides is 5. The van der Waals surface area contributed by atoms with Crippen molar-refractivity contribution in [2.45, 2.75) is 69.2 Å². The fourth-order valence-electron chi connectivity index (χ4n) is 4.58. The van der Waals surface area contributed by atoms with Crippen LogP contribution < -0.4 is 32.3 Å². The van der Waals surface area contributed by atoms with Crippen molar-refractivity contribution in [1.82, 2.24) is 26.6 Å². The molecule has 13 nitrogen and oxygen atoms in total. The Kier molecular flexibility index (Phi) is 12.5. The van der Waals surface area contributed by atoms with E-state index in [9.17, 15) is 34.2 Å². The Labute approximate surface area is 250 Å². The number of benzene rings is 2. The summed E-state index contributed by atoms with van der Waals surface area (Å²) in [5.74, 6) is -3.52. The number of hydrogen-bond donors (Lipinski definition) is 8. The predicted octanol–water partition coefficient (Wildman–Crippen LogP) is -1.24. The first-order valence-corrected chi connectivity index (χ1v) is 14.3. The molecule has 1 saturated heterocycles. The lowest BCUT2D eigenvalue weighted by atomic mass is 10.0. The molecule has 232 valence electrons. The van der Waals surface area contributed by atoms with E-state index >= 15 is 0 Å². The second kappa shape index (κ2) is 16.2. The lowest BCUT2D eigenvalue weighted by Crippen LogP contribution is -2.59. The van der Waals surface area contributed by atoms with E-state index in [1.807, 2.05) is 6.07 Å². The normalized spacial score (nSPS) is 24.0. The maximum Gasteiger partial charge on any atom is 0.245 e. The minimum atomic E-state index is -1.42. The number of rotatable bonds is 9. The van der Waals surface area contributed by atoms with E-state index in [1.165, 1.54) is 19.1 Å². The highest BCUT2D eigenvalue weighted by Gasteiger charge is 2.33. The monoisotopic (exact) mass is 596 g/mol. The fourth-order valence-corrected chi connectivity index (χ4v) is 4.58. The SMILES string of the molecule is C[C@@H]1NC(=O)[C@H](CCCCN)NC(=O)[C@H](Cc2ccccc2)NC(=O)[C@H](Cc2ccc(O)cc2)NC(=O)[C@H](CO)NC1=O. The third-order valence-corrected chi connectivity index (χ3v) is 7.07. The van der Waals surface area contributed by atoms with Gasteiger partial charge in [0, 0.05) is 12.8 Å². The van der Waals surface area contributed by atoms with Gasteiger partial charge in [0.05, 0.1) is 6.61 Å². The zero-order valence-corrected chi connectivity index (χ0v) is 24.0. The molecule has 0 aliphatic carbocycles. The number of nitrogens with two attached hydrogens (primary N) is 1. The third-order valence-electron chi connectivity index (χ3n) is 7.07. The zero-order valence-electron chi connectivity index (χ0n) is 24.0. The van der Waals surface area contributed by atoms with Crippen molar-refractivity contribution in [2.75, 3.05) is 13.2 Å². The summed E-state index contributed by atoms with van der Waals surface area (Å²) in [6.07, 6.45) is 1.42. The van der Waals surface area contributed by atoms with Gasteiger partial charge in [-0.1, -0.05) is 42.5 Å². The number of carbonyl (C=O) groups excluding carboxylic acids is 5. The highest BCUT2D eigenvalue weighted by Crippen LogP contribution is 2.13. The average Bonchev–Trinajstić information content (AvgIpc) is 2.99. The summed E-state index contributed by atoms with van der Waals surface area (Å²) in [4.78, 5) is 66.5. The van der Waals surface area contributed by atoms with Crippen LogP contribution in [0.15, 0.2) is 54.6 Å². The molecule has 2 aromatic rings. The van der Waals surface area contributed by atoms with Gasteiger partial charge in [0.15, 0.2) is 0 Å². The molecular formula is C30H40N6O7. The minimum absolute atomic E-state index is 0.0141. The van der Waals surface area contributed by atoms with Gasteiger partial charge in [-0.3, -0.25) is 24.0 Å². The summed E-state index contributed by atoms with van der Waals surface area (Å²) in [6.45, 7) is 1.03. The fraction of sp³-hybridized carbons (Fsp3) is 0.433. The van der Waals surface area contributed by atoms with E-state index in [4.69, 9.17) is 5.73 Å². The van der Waals surface area contributed by atoms with Crippen LogP contribution in [-0.2, 0) is 36.8 Å². The molecule has 0 radical (unpaired) electrons. The smallest absolute Gasteiger partial charge is 0.245 e. The summed E-state index contributed by atoms with van der Waals surface area (Å²) >= 11 is 0. The molecule has 0 bridgehead atoms. The molecule has 5 atom stereocenters. The molecule has 9 N–H and O–H groups in total. The van der Waals surface area contributed by atoms with Crippen LogP contribution in [0, 0.1) is 0 Å².